The van der Waals surface area contributed by atoms with E-state index in [1.807, 2.05) is 36.4 Å². The Kier molecular flexibility index (Phi) is 6.63. The predicted octanol–water partition coefficient (Wildman–Crippen LogP) is 5.58. The van der Waals surface area contributed by atoms with Gasteiger partial charge in [-0.1, -0.05) is 74.1 Å². The lowest BCUT2D eigenvalue weighted by Gasteiger charge is -2.14. The van der Waals surface area contributed by atoms with Gasteiger partial charge in [-0.05, 0) is 37.3 Å². The average molecular weight is 472 g/mol. The second kappa shape index (κ2) is 9.97. The van der Waals surface area contributed by atoms with Crippen LogP contribution in [0.15, 0.2) is 65.8 Å². The number of hydrogen-bond acceptors (Lipinski definition) is 5. The third kappa shape index (κ3) is 5.14. The third-order valence-electron chi connectivity index (χ3n) is 5.95. The van der Waals surface area contributed by atoms with Gasteiger partial charge >= 0.3 is 0 Å². The number of carbonyl (C=O) groups is 1. The maximum absolute atomic E-state index is 12.3. The van der Waals surface area contributed by atoms with Gasteiger partial charge in [0.25, 0.3) is 0 Å². The zero-order valence-electron chi connectivity index (χ0n) is 19.6. The van der Waals surface area contributed by atoms with Crippen LogP contribution in [-0.4, -0.2) is 37.5 Å². The van der Waals surface area contributed by atoms with Crippen molar-refractivity contribution in [3.63, 3.8) is 0 Å². The Bertz CT molecular complexity index is 1300. The van der Waals surface area contributed by atoms with Crippen molar-refractivity contribution >= 4 is 28.6 Å². The standard InChI is InChI=1S/C27H29N5OS/c1-18(2)14-15-32-26(30-31-27(32)34-17-25(33)28-20-12-13-20)22-16-24(19-8-4-3-5-9-19)29-23-11-7-6-10-21(22)23/h3-11,16,18,20H,12-15,17H2,1-2H3,(H,28,33). The van der Waals surface area contributed by atoms with Crippen molar-refractivity contribution in [1.29, 1.82) is 0 Å². The van der Waals surface area contributed by atoms with Gasteiger partial charge in [-0.2, -0.15) is 0 Å². The van der Waals surface area contributed by atoms with E-state index in [1.165, 1.54) is 11.8 Å². The molecule has 6 nitrogen and oxygen atoms in total. The zero-order chi connectivity index (χ0) is 23.5. The number of hydrogen-bond donors (Lipinski definition) is 1. The predicted molar refractivity (Wildman–Crippen MR) is 138 cm³/mol. The van der Waals surface area contributed by atoms with Crippen molar-refractivity contribution in [3.8, 4) is 22.6 Å². The van der Waals surface area contributed by atoms with Crippen LogP contribution < -0.4 is 5.32 Å². The Balaban J connectivity index is 1.55. The minimum atomic E-state index is 0.0631. The summed E-state index contributed by atoms with van der Waals surface area (Å²) in [5, 5.41) is 14.0. The number of carbonyl (C=O) groups excluding carboxylic acids is 1. The highest BCUT2D eigenvalue weighted by Crippen LogP contribution is 2.33. The van der Waals surface area contributed by atoms with Crippen LogP contribution in [0.1, 0.15) is 33.1 Å². The topological polar surface area (TPSA) is 72.7 Å². The first-order valence-corrected chi connectivity index (χ1v) is 12.9. The van der Waals surface area contributed by atoms with Crippen molar-refractivity contribution in [3.05, 3.63) is 60.7 Å². The zero-order valence-corrected chi connectivity index (χ0v) is 20.4. The van der Waals surface area contributed by atoms with Crippen LogP contribution in [0.25, 0.3) is 33.5 Å². The van der Waals surface area contributed by atoms with E-state index >= 15 is 0 Å². The number of pyridine rings is 1. The van der Waals surface area contributed by atoms with Crippen LogP contribution in [0.3, 0.4) is 0 Å². The highest BCUT2D eigenvalue weighted by atomic mass is 32.2. The van der Waals surface area contributed by atoms with Gasteiger partial charge in [0.05, 0.1) is 17.0 Å². The summed E-state index contributed by atoms with van der Waals surface area (Å²) in [6, 6.07) is 20.9. The largest absolute Gasteiger partial charge is 0.353 e. The van der Waals surface area contributed by atoms with Crippen LogP contribution >= 0.6 is 11.8 Å². The molecule has 7 heteroatoms. The molecule has 174 valence electrons. The first kappa shape index (κ1) is 22.6. The molecule has 2 aromatic heterocycles. The lowest BCUT2D eigenvalue weighted by molar-refractivity contribution is -0.118. The van der Waals surface area contributed by atoms with E-state index in [9.17, 15) is 4.79 Å². The van der Waals surface area contributed by atoms with Crippen LogP contribution in [0.2, 0.25) is 0 Å². The first-order valence-electron chi connectivity index (χ1n) is 11.9. The molecule has 5 rings (SSSR count). The van der Waals surface area contributed by atoms with Crippen molar-refractivity contribution in [1.82, 2.24) is 25.1 Å². The molecule has 1 N–H and O–H groups in total. The molecular weight excluding hydrogens is 442 g/mol. The Morgan fingerprint density at radius 2 is 1.85 bits per heavy atom. The van der Waals surface area contributed by atoms with E-state index in [1.54, 1.807) is 0 Å². The third-order valence-corrected chi connectivity index (χ3v) is 6.92. The van der Waals surface area contributed by atoms with Gasteiger partial charge in [-0.3, -0.25) is 4.79 Å². The van der Waals surface area contributed by atoms with Gasteiger partial charge in [0.2, 0.25) is 5.91 Å². The van der Waals surface area contributed by atoms with E-state index < -0.39 is 0 Å². The minimum absolute atomic E-state index is 0.0631. The van der Waals surface area contributed by atoms with E-state index in [4.69, 9.17) is 4.98 Å². The quantitative estimate of drug-likeness (QED) is 0.323. The van der Waals surface area contributed by atoms with E-state index in [2.05, 4.69) is 58.2 Å². The SMILES string of the molecule is CC(C)CCn1c(SCC(=O)NC2CC2)nnc1-c1cc(-c2ccccc2)nc2ccccc12. The second-order valence-corrected chi connectivity index (χ2v) is 10.2. The number of fused-ring (bicyclic) bond motifs is 1. The summed E-state index contributed by atoms with van der Waals surface area (Å²) in [4.78, 5) is 17.2. The summed E-state index contributed by atoms with van der Waals surface area (Å²) in [5.74, 6) is 1.78. The molecule has 1 fully saturated rings. The van der Waals surface area contributed by atoms with Crippen LogP contribution in [-0.2, 0) is 11.3 Å². The van der Waals surface area contributed by atoms with Crippen LogP contribution in [0.5, 0.6) is 0 Å². The maximum Gasteiger partial charge on any atom is 0.230 e. The molecule has 1 saturated carbocycles. The smallest absolute Gasteiger partial charge is 0.230 e. The molecule has 0 bridgehead atoms. The summed E-state index contributed by atoms with van der Waals surface area (Å²) < 4.78 is 2.17. The summed E-state index contributed by atoms with van der Waals surface area (Å²) in [6.07, 6.45) is 3.18. The molecule has 4 aromatic rings. The van der Waals surface area contributed by atoms with Crippen LogP contribution in [0.4, 0.5) is 0 Å². The van der Waals surface area contributed by atoms with Crippen molar-refractivity contribution in [2.24, 2.45) is 5.92 Å². The summed E-state index contributed by atoms with van der Waals surface area (Å²) >= 11 is 1.46. The molecule has 0 unspecified atom stereocenters. The number of benzene rings is 2. The van der Waals surface area contributed by atoms with E-state index in [-0.39, 0.29) is 5.91 Å². The first-order chi connectivity index (χ1) is 16.6. The van der Waals surface area contributed by atoms with E-state index in [0.717, 1.165) is 64.5 Å². The highest BCUT2D eigenvalue weighted by molar-refractivity contribution is 7.99. The fraction of sp³-hybridized carbons (Fsp3) is 0.333. The molecule has 0 radical (unpaired) electrons. The Hall–Kier alpha value is -3.19. The number of nitrogens with one attached hydrogen (secondary N) is 1. The van der Waals surface area contributed by atoms with Gasteiger partial charge in [0.15, 0.2) is 11.0 Å². The molecule has 0 saturated heterocycles. The fourth-order valence-corrected chi connectivity index (χ4v) is 4.70. The summed E-state index contributed by atoms with van der Waals surface area (Å²) in [5.41, 5.74) is 3.91. The Morgan fingerprint density at radius 3 is 2.62 bits per heavy atom. The van der Waals surface area contributed by atoms with Crippen molar-refractivity contribution in [2.45, 2.75) is 50.9 Å². The number of amides is 1. The van der Waals surface area contributed by atoms with Gasteiger partial charge in [-0.25, -0.2) is 4.98 Å². The lowest BCUT2D eigenvalue weighted by atomic mass is 10.0. The van der Waals surface area contributed by atoms with Crippen LogP contribution in [0, 0.1) is 5.92 Å². The molecule has 0 spiro atoms. The number of aromatic nitrogens is 4. The molecule has 1 amide bonds. The van der Waals surface area contributed by atoms with Crippen molar-refractivity contribution in [2.75, 3.05) is 5.75 Å². The van der Waals surface area contributed by atoms with E-state index in [0.29, 0.717) is 17.7 Å². The number of para-hydroxylation sites is 1. The fourth-order valence-electron chi connectivity index (χ4n) is 3.93. The van der Waals surface area contributed by atoms with Gasteiger partial charge in [-0.15, -0.1) is 10.2 Å². The Morgan fingerprint density at radius 1 is 1.09 bits per heavy atom. The highest BCUT2D eigenvalue weighted by Gasteiger charge is 2.24. The molecule has 0 aliphatic heterocycles. The van der Waals surface area contributed by atoms with Crippen molar-refractivity contribution < 1.29 is 4.79 Å². The Labute approximate surface area is 204 Å². The molecule has 1 aliphatic rings. The molecule has 0 atom stereocenters. The summed E-state index contributed by atoms with van der Waals surface area (Å²) in [6.45, 7) is 5.23. The summed E-state index contributed by atoms with van der Waals surface area (Å²) in [7, 11) is 0. The normalized spacial score (nSPS) is 13.5. The maximum atomic E-state index is 12.3. The monoisotopic (exact) mass is 471 g/mol. The second-order valence-electron chi connectivity index (χ2n) is 9.21. The molecule has 2 aromatic carbocycles. The molecule has 2 heterocycles. The number of rotatable bonds is 9. The number of thioether (sulfide) groups is 1. The number of nitrogens with zero attached hydrogens (tertiary/aromatic N) is 4. The lowest BCUT2D eigenvalue weighted by Crippen LogP contribution is -2.27. The minimum Gasteiger partial charge on any atom is -0.353 e. The molecule has 1 aliphatic carbocycles. The average Bonchev–Trinajstić information content (AvgIpc) is 3.57. The van der Waals surface area contributed by atoms with Gasteiger partial charge in [0.1, 0.15) is 0 Å². The molecule has 34 heavy (non-hydrogen) atoms. The molecular formula is C27H29N5OS. The van der Waals surface area contributed by atoms with Gasteiger partial charge < -0.3 is 9.88 Å². The van der Waals surface area contributed by atoms with Gasteiger partial charge in [0, 0.05) is 29.1 Å².